The largest absolute Gasteiger partial charge is 0.493 e. The number of Topliss-reactive ketones (excluding diaryl/α,β-unsaturated/α-hetero) is 1. The van der Waals surface area contributed by atoms with Crippen molar-refractivity contribution in [2.75, 3.05) is 19.7 Å². The molecule has 1 aromatic rings. The number of piperidine rings is 1. The van der Waals surface area contributed by atoms with Crippen LogP contribution in [-0.2, 0) is 17.8 Å². The molecule has 0 aromatic heterocycles. The number of likely N-dealkylation sites (tertiary alicyclic amines) is 1. The van der Waals surface area contributed by atoms with Gasteiger partial charge in [0.15, 0.2) is 0 Å². The second-order valence-corrected chi connectivity index (χ2v) is 6.27. The topological polar surface area (TPSA) is 29.5 Å². The highest BCUT2D eigenvalue weighted by Crippen LogP contribution is 2.34. The third kappa shape index (κ3) is 2.84. The molecule has 20 heavy (non-hydrogen) atoms. The van der Waals surface area contributed by atoms with Crippen LogP contribution in [0.4, 0.5) is 0 Å². The van der Waals surface area contributed by atoms with E-state index in [0.717, 1.165) is 61.8 Å². The Kier molecular flexibility index (Phi) is 3.99. The summed E-state index contributed by atoms with van der Waals surface area (Å²) in [6.07, 6.45) is 3.06. The SMILES string of the molecule is CC(=O)C1CCCN(Cc2cc(Cl)cc3c2OCC3)C1. The van der Waals surface area contributed by atoms with Gasteiger partial charge >= 0.3 is 0 Å². The summed E-state index contributed by atoms with van der Waals surface area (Å²) < 4.78 is 5.75. The summed E-state index contributed by atoms with van der Waals surface area (Å²) in [6, 6.07) is 4.01. The van der Waals surface area contributed by atoms with E-state index >= 15 is 0 Å². The lowest BCUT2D eigenvalue weighted by atomic mass is 9.94. The lowest BCUT2D eigenvalue weighted by Gasteiger charge is -2.31. The lowest BCUT2D eigenvalue weighted by molar-refractivity contribution is -0.122. The monoisotopic (exact) mass is 293 g/mol. The molecular formula is C16H20ClNO2. The van der Waals surface area contributed by atoms with E-state index in [9.17, 15) is 4.79 Å². The molecule has 0 spiro atoms. The minimum absolute atomic E-state index is 0.192. The Morgan fingerprint density at radius 1 is 1.50 bits per heavy atom. The molecule has 0 saturated carbocycles. The Bertz CT molecular complexity index is 529. The molecule has 3 rings (SSSR count). The first-order valence-electron chi connectivity index (χ1n) is 7.30. The molecule has 108 valence electrons. The number of ether oxygens (including phenoxy) is 1. The number of rotatable bonds is 3. The number of nitrogens with zero attached hydrogens (tertiary/aromatic N) is 1. The number of benzene rings is 1. The Morgan fingerprint density at radius 3 is 3.15 bits per heavy atom. The first kappa shape index (κ1) is 13.9. The van der Waals surface area contributed by atoms with Crippen molar-refractivity contribution < 1.29 is 9.53 Å². The number of carbonyl (C=O) groups excluding carboxylic acids is 1. The van der Waals surface area contributed by atoms with Crippen LogP contribution in [-0.4, -0.2) is 30.4 Å². The van der Waals surface area contributed by atoms with Crippen molar-refractivity contribution in [1.82, 2.24) is 4.90 Å². The molecule has 2 aliphatic heterocycles. The van der Waals surface area contributed by atoms with E-state index in [4.69, 9.17) is 16.3 Å². The van der Waals surface area contributed by atoms with Crippen LogP contribution in [0.1, 0.15) is 30.9 Å². The molecule has 0 aliphatic carbocycles. The Balaban J connectivity index is 1.76. The van der Waals surface area contributed by atoms with Crippen molar-refractivity contribution in [3.05, 3.63) is 28.3 Å². The summed E-state index contributed by atoms with van der Waals surface area (Å²) in [7, 11) is 0. The zero-order valence-electron chi connectivity index (χ0n) is 11.8. The molecule has 1 saturated heterocycles. The van der Waals surface area contributed by atoms with Gasteiger partial charge in [0.1, 0.15) is 11.5 Å². The molecule has 1 fully saturated rings. The molecule has 1 aromatic carbocycles. The second kappa shape index (κ2) is 5.74. The standard InChI is InChI=1S/C16H20ClNO2/c1-11(19)13-3-2-5-18(9-13)10-14-8-15(17)7-12-4-6-20-16(12)14/h7-8,13H,2-6,9-10H2,1H3. The van der Waals surface area contributed by atoms with E-state index in [-0.39, 0.29) is 5.92 Å². The number of fused-ring (bicyclic) bond motifs is 1. The maximum Gasteiger partial charge on any atom is 0.134 e. The van der Waals surface area contributed by atoms with Crippen LogP contribution in [0.25, 0.3) is 0 Å². The van der Waals surface area contributed by atoms with Crippen LogP contribution in [0.5, 0.6) is 5.75 Å². The second-order valence-electron chi connectivity index (χ2n) is 5.84. The summed E-state index contributed by atoms with van der Waals surface area (Å²) in [4.78, 5) is 13.9. The highest BCUT2D eigenvalue weighted by atomic mass is 35.5. The van der Waals surface area contributed by atoms with E-state index in [1.807, 2.05) is 12.1 Å². The quantitative estimate of drug-likeness (QED) is 0.858. The molecule has 0 radical (unpaired) electrons. The molecule has 2 heterocycles. The molecule has 4 heteroatoms. The minimum Gasteiger partial charge on any atom is -0.493 e. The first-order valence-corrected chi connectivity index (χ1v) is 7.68. The Hall–Kier alpha value is -1.06. The van der Waals surface area contributed by atoms with E-state index in [1.54, 1.807) is 6.92 Å². The third-order valence-corrected chi connectivity index (χ3v) is 4.52. The predicted octanol–water partition coefficient (Wildman–Crippen LogP) is 3.08. The van der Waals surface area contributed by atoms with Gasteiger partial charge in [-0.2, -0.15) is 0 Å². The molecule has 1 atom stereocenters. The van der Waals surface area contributed by atoms with Crippen molar-refractivity contribution in [2.24, 2.45) is 5.92 Å². The summed E-state index contributed by atoms with van der Waals surface area (Å²) in [5.74, 6) is 1.51. The van der Waals surface area contributed by atoms with E-state index < -0.39 is 0 Å². The first-order chi connectivity index (χ1) is 9.63. The van der Waals surface area contributed by atoms with Gasteiger partial charge in [-0.3, -0.25) is 9.69 Å². The van der Waals surface area contributed by atoms with Gasteiger partial charge in [0.25, 0.3) is 0 Å². The van der Waals surface area contributed by atoms with Crippen LogP contribution in [0.2, 0.25) is 5.02 Å². The molecule has 0 amide bonds. The summed E-state index contributed by atoms with van der Waals surface area (Å²) in [6.45, 7) is 5.18. The van der Waals surface area contributed by atoms with Gasteiger partial charge in [0.2, 0.25) is 0 Å². The van der Waals surface area contributed by atoms with Gasteiger partial charge < -0.3 is 4.74 Å². The van der Waals surface area contributed by atoms with Gasteiger partial charge in [-0.25, -0.2) is 0 Å². The van der Waals surface area contributed by atoms with Gasteiger partial charge in [-0.15, -0.1) is 0 Å². The summed E-state index contributed by atoms with van der Waals surface area (Å²) in [5, 5.41) is 0.782. The number of halogens is 1. The molecule has 0 bridgehead atoms. The highest BCUT2D eigenvalue weighted by molar-refractivity contribution is 6.30. The van der Waals surface area contributed by atoms with Gasteiger partial charge in [-0.1, -0.05) is 11.6 Å². The smallest absolute Gasteiger partial charge is 0.134 e. The van der Waals surface area contributed by atoms with Crippen LogP contribution in [0, 0.1) is 5.92 Å². The van der Waals surface area contributed by atoms with Crippen LogP contribution in [0.3, 0.4) is 0 Å². The number of hydrogen-bond donors (Lipinski definition) is 0. The fraction of sp³-hybridized carbons (Fsp3) is 0.562. The number of carbonyl (C=O) groups is 1. The molecular weight excluding hydrogens is 274 g/mol. The third-order valence-electron chi connectivity index (χ3n) is 4.30. The number of ketones is 1. The number of hydrogen-bond acceptors (Lipinski definition) is 3. The predicted molar refractivity (Wildman–Crippen MR) is 79.3 cm³/mol. The molecule has 0 N–H and O–H groups in total. The zero-order chi connectivity index (χ0) is 14.1. The molecule has 3 nitrogen and oxygen atoms in total. The fourth-order valence-electron chi connectivity index (χ4n) is 3.24. The minimum atomic E-state index is 0.192. The van der Waals surface area contributed by atoms with Gasteiger partial charge in [-0.05, 0) is 44.0 Å². The zero-order valence-corrected chi connectivity index (χ0v) is 12.6. The average Bonchev–Trinajstić information content (AvgIpc) is 2.87. The van der Waals surface area contributed by atoms with Crippen molar-refractivity contribution >= 4 is 17.4 Å². The van der Waals surface area contributed by atoms with E-state index in [2.05, 4.69) is 4.90 Å². The van der Waals surface area contributed by atoms with Crippen molar-refractivity contribution in [3.63, 3.8) is 0 Å². The summed E-state index contributed by atoms with van der Waals surface area (Å²) >= 11 is 6.20. The molecule has 2 aliphatic rings. The Morgan fingerprint density at radius 2 is 2.35 bits per heavy atom. The van der Waals surface area contributed by atoms with Gasteiger partial charge in [0, 0.05) is 36.0 Å². The van der Waals surface area contributed by atoms with Crippen molar-refractivity contribution in [2.45, 2.75) is 32.7 Å². The maximum atomic E-state index is 11.6. The molecule has 1 unspecified atom stereocenters. The van der Waals surface area contributed by atoms with Crippen LogP contribution >= 0.6 is 11.6 Å². The summed E-state index contributed by atoms with van der Waals surface area (Å²) in [5.41, 5.74) is 2.38. The fourth-order valence-corrected chi connectivity index (χ4v) is 3.50. The van der Waals surface area contributed by atoms with E-state index in [1.165, 1.54) is 5.56 Å². The van der Waals surface area contributed by atoms with Crippen LogP contribution < -0.4 is 4.74 Å². The van der Waals surface area contributed by atoms with Crippen molar-refractivity contribution in [3.8, 4) is 5.75 Å². The van der Waals surface area contributed by atoms with Crippen LogP contribution in [0.15, 0.2) is 12.1 Å². The normalized spacial score (nSPS) is 22.4. The van der Waals surface area contributed by atoms with Crippen molar-refractivity contribution in [1.29, 1.82) is 0 Å². The van der Waals surface area contributed by atoms with Gasteiger partial charge in [0.05, 0.1) is 6.61 Å². The lowest BCUT2D eigenvalue weighted by Crippen LogP contribution is -2.37. The van der Waals surface area contributed by atoms with E-state index in [0.29, 0.717) is 5.78 Å². The average molecular weight is 294 g/mol. The maximum absolute atomic E-state index is 11.6. The highest BCUT2D eigenvalue weighted by Gasteiger charge is 2.25. The Labute approximate surface area is 124 Å².